The minimum Gasteiger partial charge on any atom is -0.298 e. The van der Waals surface area contributed by atoms with Crippen molar-refractivity contribution in [3.8, 4) is 10.7 Å². The second-order valence-electron chi connectivity index (χ2n) is 5.28. The number of aromatic nitrogens is 2. The first-order valence-corrected chi connectivity index (χ1v) is 10.1. The monoisotopic (exact) mass is 414 g/mol. The van der Waals surface area contributed by atoms with E-state index in [-0.39, 0.29) is 10.9 Å². The van der Waals surface area contributed by atoms with E-state index in [0.29, 0.717) is 10.0 Å². The van der Waals surface area contributed by atoms with Crippen LogP contribution in [-0.4, -0.2) is 20.8 Å². The van der Waals surface area contributed by atoms with Gasteiger partial charge in [0.1, 0.15) is 10.7 Å². The van der Waals surface area contributed by atoms with Gasteiger partial charge in [0.05, 0.1) is 15.1 Å². The second-order valence-corrected chi connectivity index (χ2v) is 8.26. The molecule has 0 unspecified atom stereocenters. The van der Waals surface area contributed by atoms with E-state index in [0.717, 1.165) is 32.3 Å². The summed E-state index contributed by atoms with van der Waals surface area (Å²) in [6.45, 7) is 0. The van der Waals surface area contributed by atoms with E-state index in [9.17, 15) is 14.9 Å². The van der Waals surface area contributed by atoms with Gasteiger partial charge in [-0.1, -0.05) is 23.5 Å². The van der Waals surface area contributed by atoms with Crippen LogP contribution in [0, 0.1) is 10.1 Å². The summed E-state index contributed by atoms with van der Waals surface area (Å²) < 4.78 is 1.08. The first-order valence-electron chi connectivity index (χ1n) is 7.63. The fourth-order valence-electron chi connectivity index (χ4n) is 2.25. The molecule has 0 aliphatic heterocycles. The zero-order valence-electron chi connectivity index (χ0n) is 13.5. The normalized spacial score (nSPS) is 11.3. The molecule has 10 heteroatoms. The molecule has 0 saturated carbocycles. The fourth-order valence-corrected chi connectivity index (χ4v) is 4.67. The number of nitrogens with one attached hydrogen (secondary N) is 1. The molecule has 4 rings (SSSR count). The largest absolute Gasteiger partial charge is 0.324 e. The minimum absolute atomic E-state index is 0.0375. The van der Waals surface area contributed by atoms with Gasteiger partial charge in [-0.15, -0.1) is 22.7 Å². The molecule has 1 aromatic carbocycles. The number of carbonyl (C=O) groups excluding carboxylic acids is 1. The Bertz CT molecular complexity index is 1140. The van der Waals surface area contributed by atoms with Crippen LogP contribution in [0.2, 0.25) is 0 Å². The minimum atomic E-state index is -0.457. The molecule has 0 aliphatic rings. The van der Waals surface area contributed by atoms with E-state index in [4.69, 9.17) is 0 Å². The van der Waals surface area contributed by atoms with Gasteiger partial charge in [-0.05, 0) is 24.3 Å². The number of fused-ring (bicyclic) bond motifs is 1. The van der Waals surface area contributed by atoms with Crippen LogP contribution < -0.4 is 5.32 Å². The summed E-state index contributed by atoms with van der Waals surface area (Å²) >= 11 is 3.87. The number of nitro groups is 1. The van der Waals surface area contributed by atoms with Crippen molar-refractivity contribution in [3.05, 3.63) is 62.8 Å². The van der Waals surface area contributed by atoms with E-state index in [2.05, 4.69) is 15.3 Å². The Morgan fingerprint density at radius 2 is 2.00 bits per heavy atom. The summed E-state index contributed by atoms with van der Waals surface area (Å²) in [5, 5.41) is 16.5. The zero-order chi connectivity index (χ0) is 18.8. The summed E-state index contributed by atoms with van der Waals surface area (Å²) in [6, 6.07) is 10.9. The molecule has 0 atom stereocenters. The summed E-state index contributed by atoms with van der Waals surface area (Å²) in [6.07, 6.45) is 2.86. The maximum absolute atomic E-state index is 12.0. The molecule has 3 aromatic heterocycles. The lowest BCUT2D eigenvalue weighted by atomic mass is 10.3. The Morgan fingerprint density at radius 1 is 1.15 bits per heavy atom. The standard InChI is InChI=1S/C17H10N4O3S3/c22-14(7-5-10-6-8-15(26-10)21(23)24)20-17-19-12(9-25-17)16-18-11-3-1-2-4-13(11)27-16/h1-9H,(H,19,20,22)/b7-5+. The molecular weight excluding hydrogens is 404 g/mol. The van der Waals surface area contributed by atoms with Gasteiger partial charge >= 0.3 is 5.00 Å². The van der Waals surface area contributed by atoms with Crippen molar-refractivity contribution in [2.75, 3.05) is 5.32 Å². The van der Waals surface area contributed by atoms with Crippen molar-refractivity contribution in [2.45, 2.75) is 0 Å². The molecule has 3 heterocycles. The average Bonchev–Trinajstić information content (AvgIpc) is 3.38. The number of nitrogens with zero attached hydrogens (tertiary/aromatic N) is 3. The molecule has 1 amide bonds. The Kier molecular flexibility index (Phi) is 4.75. The SMILES string of the molecule is O=C(/C=C/c1ccc([N+](=O)[O-])s1)Nc1nc(-c2nc3ccccc3s2)cs1. The lowest BCUT2D eigenvalue weighted by molar-refractivity contribution is -0.380. The number of thiazole rings is 2. The quantitative estimate of drug-likeness (QED) is 0.280. The van der Waals surface area contributed by atoms with Crippen molar-refractivity contribution >= 4 is 66.3 Å². The number of para-hydroxylation sites is 1. The molecule has 0 spiro atoms. The maximum Gasteiger partial charge on any atom is 0.324 e. The molecule has 0 aliphatic carbocycles. The van der Waals surface area contributed by atoms with Gasteiger partial charge in [-0.25, -0.2) is 9.97 Å². The van der Waals surface area contributed by atoms with Gasteiger partial charge in [-0.3, -0.25) is 20.2 Å². The number of carbonyl (C=O) groups is 1. The third kappa shape index (κ3) is 3.92. The van der Waals surface area contributed by atoms with Crippen LogP contribution in [0.15, 0.2) is 47.9 Å². The third-order valence-corrected chi connectivity index (χ3v) is 6.26. The van der Waals surface area contributed by atoms with E-state index in [1.165, 1.54) is 29.6 Å². The highest BCUT2D eigenvalue weighted by atomic mass is 32.1. The number of rotatable bonds is 5. The molecule has 27 heavy (non-hydrogen) atoms. The average molecular weight is 414 g/mol. The van der Waals surface area contributed by atoms with Crippen molar-refractivity contribution < 1.29 is 9.72 Å². The van der Waals surface area contributed by atoms with E-state index < -0.39 is 4.92 Å². The maximum atomic E-state index is 12.0. The van der Waals surface area contributed by atoms with Crippen LogP contribution in [0.5, 0.6) is 0 Å². The van der Waals surface area contributed by atoms with Crippen LogP contribution in [-0.2, 0) is 4.79 Å². The highest BCUT2D eigenvalue weighted by molar-refractivity contribution is 7.22. The first-order chi connectivity index (χ1) is 13.1. The molecule has 0 fully saturated rings. The molecule has 0 radical (unpaired) electrons. The van der Waals surface area contributed by atoms with Crippen molar-refractivity contribution in [1.29, 1.82) is 0 Å². The lowest BCUT2D eigenvalue weighted by Gasteiger charge is -1.94. The highest BCUT2D eigenvalue weighted by Crippen LogP contribution is 2.32. The summed E-state index contributed by atoms with van der Waals surface area (Å²) in [7, 11) is 0. The first kappa shape index (κ1) is 17.5. The summed E-state index contributed by atoms with van der Waals surface area (Å²) in [5.41, 5.74) is 1.64. The van der Waals surface area contributed by atoms with Crippen LogP contribution in [0.3, 0.4) is 0 Å². The fraction of sp³-hybridized carbons (Fsp3) is 0. The summed E-state index contributed by atoms with van der Waals surface area (Å²) in [5.74, 6) is -0.351. The van der Waals surface area contributed by atoms with Gasteiger partial charge < -0.3 is 0 Å². The Morgan fingerprint density at radius 3 is 2.78 bits per heavy atom. The molecule has 134 valence electrons. The Labute approximate surface area is 164 Å². The number of thiophene rings is 1. The number of benzene rings is 1. The predicted molar refractivity (Wildman–Crippen MR) is 109 cm³/mol. The smallest absolute Gasteiger partial charge is 0.298 e. The molecule has 4 aromatic rings. The molecular formula is C17H10N4O3S3. The van der Waals surface area contributed by atoms with Crippen molar-refractivity contribution in [3.63, 3.8) is 0 Å². The van der Waals surface area contributed by atoms with Gasteiger partial charge in [0.2, 0.25) is 5.91 Å². The van der Waals surface area contributed by atoms with Crippen molar-refractivity contribution in [2.24, 2.45) is 0 Å². The molecule has 1 N–H and O–H groups in total. The Balaban J connectivity index is 1.44. The van der Waals surface area contributed by atoms with E-state index >= 15 is 0 Å². The lowest BCUT2D eigenvalue weighted by Crippen LogP contribution is -2.07. The number of anilines is 1. The Hall–Kier alpha value is -2.95. The predicted octanol–water partition coefficient (Wildman–Crippen LogP) is 5.04. The number of amides is 1. The molecule has 7 nitrogen and oxygen atoms in total. The number of hydrogen-bond acceptors (Lipinski definition) is 8. The topological polar surface area (TPSA) is 98.0 Å². The molecule has 0 saturated heterocycles. The van der Waals surface area contributed by atoms with Crippen LogP contribution >= 0.6 is 34.0 Å². The van der Waals surface area contributed by atoms with Crippen molar-refractivity contribution in [1.82, 2.24) is 9.97 Å². The highest BCUT2D eigenvalue weighted by Gasteiger charge is 2.11. The van der Waals surface area contributed by atoms with Crippen LogP contribution in [0.4, 0.5) is 10.1 Å². The van der Waals surface area contributed by atoms with Gasteiger partial charge in [-0.2, -0.15) is 0 Å². The van der Waals surface area contributed by atoms with E-state index in [1.54, 1.807) is 17.4 Å². The zero-order valence-corrected chi connectivity index (χ0v) is 15.9. The second kappa shape index (κ2) is 7.35. The van der Waals surface area contributed by atoms with Gasteiger partial charge in [0.15, 0.2) is 5.13 Å². The number of hydrogen-bond donors (Lipinski definition) is 1. The third-order valence-electron chi connectivity index (χ3n) is 3.44. The summed E-state index contributed by atoms with van der Waals surface area (Å²) in [4.78, 5) is 31.8. The van der Waals surface area contributed by atoms with E-state index in [1.807, 2.05) is 29.6 Å². The van der Waals surface area contributed by atoms with Gasteiger partial charge in [0, 0.05) is 22.4 Å². The van der Waals surface area contributed by atoms with Crippen LogP contribution in [0.1, 0.15) is 4.88 Å². The van der Waals surface area contributed by atoms with Gasteiger partial charge in [0.25, 0.3) is 0 Å². The molecule has 0 bridgehead atoms. The van der Waals surface area contributed by atoms with Crippen LogP contribution in [0.25, 0.3) is 27.0 Å².